The molecular formula is C11H17N3O5S. The smallest absolute Gasteiger partial charge is 0.335 e. The highest BCUT2D eigenvalue weighted by atomic mass is 32.2. The van der Waals surface area contributed by atoms with Crippen LogP contribution in [-0.2, 0) is 14.4 Å². The number of nitrogens with one attached hydrogen (secondary N) is 3. The van der Waals surface area contributed by atoms with Crippen LogP contribution in [-0.4, -0.2) is 52.7 Å². The van der Waals surface area contributed by atoms with Crippen LogP contribution in [0.25, 0.3) is 0 Å². The van der Waals surface area contributed by atoms with Gasteiger partial charge in [-0.25, -0.2) is 15.1 Å². The van der Waals surface area contributed by atoms with Crippen LogP contribution in [0, 0.1) is 0 Å². The number of hydrogen-bond donors (Lipinski definition) is 4. The third-order valence-corrected chi connectivity index (χ3v) is 4.94. The lowest BCUT2D eigenvalue weighted by Crippen LogP contribution is -2.37. The molecule has 0 aliphatic carbocycles. The lowest BCUT2D eigenvalue weighted by molar-refractivity contribution is -0.158. The van der Waals surface area contributed by atoms with Gasteiger partial charge in [0.25, 0.3) is 0 Å². The first kappa shape index (κ1) is 14.9. The molecule has 3 amide bonds. The fraction of sp³-hybridized carbons (Fsp3) is 0.727. The maximum atomic E-state index is 11.2. The Balaban J connectivity index is 1.73. The van der Waals surface area contributed by atoms with Gasteiger partial charge >= 0.3 is 12.0 Å². The number of aliphatic carboxylic acids is 1. The van der Waals surface area contributed by atoms with Gasteiger partial charge in [-0.05, 0) is 19.3 Å². The summed E-state index contributed by atoms with van der Waals surface area (Å²) in [6, 6.07) is 0.151. The SMILES string of the molecule is O=CNOC(CCC[C@@H]1SC[C@@H]2NC(=O)N[C@@H]21)C(=O)O. The third kappa shape index (κ3) is 3.54. The molecule has 2 saturated heterocycles. The van der Waals surface area contributed by atoms with Crippen molar-refractivity contribution in [2.75, 3.05) is 5.75 Å². The molecule has 9 heteroatoms. The number of fused-ring (bicyclic) bond motifs is 1. The summed E-state index contributed by atoms with van der Waals surface area (Å²) < 4.78 is 0. The second-order valence-corrected chi connectivity index (χ2v) is 6.01. The Labute approximate surface area is 119 Å². The van der Waals surface area contributed by atoms with Gasteiger partial charge in [-0.15, -0.1) is 0 Å². The van der Waals surface area contributed by atoms with E-state index in [2.05, 4.69) is 10.6 Å². The molecule has 2 aliphatic rings. The minimum absolute atomic E-state index is 0.116. The van der Waals surface area contributed by atoms with E-state index in [-0.39, 0.29) is 23.4 Å². The van der Waals surface area contributed by atoms with E-state index >= 15 is 0 Å². The van der Waals surface area contributed by atoms with Gasteiger partial charge < -0.3 is 15.7 Å². The molecule has 0 aromatic heterocycles. The minimum atomic E-state index is -1.10. The van der Waals surface area contributed by atoms with Crippen molar-refractivity contribution in [3.05, 3.63) is 0 Å². The summed E-state index contributed by atoms with van der Waals surface area (Å²) in [7, 11) is 0. The lowest BCUT2D eigenvalue weighted by atomic mass is 10.0. The Kier molecular flexibility index (Phi) is 5.07. The third-order valence-electron chi connectivity index (χ3n) is 3.43. The second kappa shape index (κ2) is 6.80. The van der Waals surface area contributed by atoms with E-state index in [1.54, 1.807) is 11.8 Å². The van der Waals surface area contributed by atoms with E-state index in [1.165, 1.54) is 0 Å². The molecule has 8 nitrogen and oxygen atoms in total. The van der Waals surface area contributed by atoms with E-state index in [1.807, 2.05) is 5.48 Å². The van der Waals surface area contributed by atoms with Gasteiger partial charge in [0.15, 0.2) is 6.10 Å². The van der Waals surface area contributed by atoms with Gasteiger partial charge in [0.2, 0.25) is 6.41 Å². The fourth-order valence-electron chi connectivity index (χ4n) is 2.49. The van der Waals surface area contributed by atoms with Crippen molar-refractivity contribution in [2.45, 2.75) is 42.7 Å². The highest BCUT2D eigenvalue weighted by Gasteiger charge is 2.42. The number of thioether (sulfide) groups is 1. The van der Waals surface area contributed by atoms with Crippen molar-refractivity contribution in [3.63, 3.8) is 0 Å². The summed E-state index contributed by atoms with van der Waals surface area (Å²) in [5.41, 5.74) is 1.92. The number of carboxylic acid groups (broad SMARTS) is 1. The van der Waals surface area contributed by atoms with Gasteiger partial charge in [0, 0.05) is 11.0 Å². The highest BCUT2D eigenvalue weighted by Crippen LogP contribution is 2.33. The molecule has 112 valence electrons. The van der Waals surface area contributed by atoms with Gasteiger partial charge in [-0.2, -0.15) is 11.8 Å². The lowest BCUT2D eigenvalue weighted by Gasteiger charge is -2.17. The minimum Gasteiger partial charge on any atom is -0.479 e. The standard InChI is InChI=1S/C11H17N3O5S/c15-5-12-19-7(10(16)17)2-1-3-8-9-6(4-20-8)13-11(18)14-9/h5-9H,1-4H2,(H,12,15)(H,16,17)(H2,13,14,18)/t6-,7?,8-,9-/m0/s1. The van der Waals surface area contributed by atoms with Crippen LogP contribution >= 0.6 is 11.8 Å². The van der Waals surface area contributed by atoms with Crippen molar-refractivity contribution in [1.82, 2.24) is 16.1 Å². The first-order chi connectivity index (χ1) is 9.61. The summed E-state index contributed by atoms with van der Waals surface area (Å²) in [5.74, 6) is -0.230. The number of hydroxylamine groups is 1. The maximum absolute atomic E-state index is 11.2. The summed E-state index contributed by atoms with van der Waals surface area (Å²) in [5, 5.41) is 14.9. The molecule has 0 aromatic rings. The van der Waals surface area contributed by atoms with E-state index in [4.69, 9.17) is 9.94 Å². The molecule has 0 spiro atoms. The Morgan fingerprint density at radius 1 is 1.60 bits per heavy atom. The fourth-order valence-corrected chi connectivity index (χ4v) is 4.03. The zero-order valence-electron chi connectivity index (χ0n) is 10.7. The number of urea groups is 1. The Morgan fingerprint density at radius 3 is 3.10 bits per heavy atom. The molecule has 0 aromatic carbocycles. The van der Waals surface area contributed by atoms with Gasteiger partial charge in [0.05, 0.1) is 12.1 Å². The number of hydrogen-bond acceptors (Lipinski definition) is 5. The second-order valence-electron chi connectivity index (χ2n) is 4.73. The van der Waals surface area contributed by atoms with Crippen LogP contribution in [0.15, 0.2) is 0 Å². The molecule has 2 aliphatic heterocycles. The topological polar surface area (TPSA) is 117 Å². The number of carbonyl (C=O) groups excluding carboxylic acids is 2. The maximum Gasteiger partial charge on any atom is 0.335 e. The van der Waals surface area contributed by atoms with Crippen LogP contribution in [0.3, 0.4) is 0 Å². The van der Waals surface area contributed by atoms with Gasteiger partial charge in [-0.3, -0.25) is 9.63 Å². The van der Waals surface area contributed by atoms with Crippen molar-refractivity contribution < 1.29 is 24.3 Å². The van der Waals surface area contributed by atoms with Crippen LogP contribution < -0.4 is 16.1 Å². The van der Waals surface area contributed by atoms with Crippen LogP contribution in [0.4, 0.5) is 4.79 Å². The summed E-state index contributed by atoms with van der Waals surface area (Å²) in [6.07, 6.45) is 1.01. The number of carbonyl (C=O) groups is 3. The van der Waals surface area contributed by atoms with Crippen molar-refractivity contribution in [2.24, 2.45) is 0 Å². The van der Waals surface area contributed by atoms with Gasteiger partial charge in [0.1, 0.15) is 0 Å². The van der Waals surface area contributed by atoms with E-state index in [9.17, 15) is 14.4 Å². The van der Waals surface area contributed by atoms with Gasteiger partial charge in [-0.1, -0.05) is 0 Å². The average molecular weight is 303 g/mol. The molecule has 0 bridgehead atoms. The van der Waals surface area contributed by atoms with E-state index in [0.29, 0.717) is 19.3 Å². The molecule has 20 heavy (non-hydrogen) atoms. The highest BCUT2D eigenvalue weighted by molar-refractivity contribution is 8.00. The average Bonchev–Trinajstić information content (AvgIpc) is 2.93. The monoisotopic (exact) mass is 303 g/mol. The normalized spacial score (nSPS) is 29.2. The molecule has 0 saturated carbocycles. The first-order valence-corrected chi connectivity index (χ1v) is 7.43. The quantitative estimate of drug-likeness (QED) is 0.272. The Bertz CT molecular complexity index is 394. The van der Waals surface area contributed by atoms with Crippen molar-refractivity contribution in [1.29, 1.82) is 0 Å². The molecule has 0 radical (unpaired) electrons. The Hall–Kier alpha value is -1.48. The molecule has 2 fully saturated rings. The zero-order chi connectivity index (χ0) is 14.5. The largest absolute Gasteiger partial charge is 0.479 e. The van der Waals surface area contributed by atoms with Crippen LogP contribution in [0.2, 0.25) is 0 Å². The molecule has 1 unspecified atom stereocenters. The number of amides is 3. The molecule has 2 heterocycles. The number of carboxylic acids is 1. The molecule has 4 N–H and O–H groups in total. The molecule has 2 rings (SSSR count). The summed E-state index contributed by atoms with van der Waals surface area (Å²) in [6.45, 7) is 0. The van der Waals surface area contributed by atoms with Crippen LogP contribution in [0.5, 0.6) is 0 Å². The van der Waals surface area contributed by atoms with Crippen LogP contribution in [0.1, 0.15) is 19.3 Å². The summed E-state index contributed by atoms with van der Waals surface area (Å²) in [4.78, 5) is 36.9. The molecule has 4 atom stereocenters. The predicted octanol–water partition coefficient (Wildman–Crippen LogP) is -0.547. The molecular weight excluding hydrogens is 286 g/mol. The van der Waals surface area contributed by atoms with E-state index < -0.39 is 12.1 Å². The Morgan fingerprint density at radius 2 is 2.40 bits per heavy atom. The van der Waals surface area contributed by atoms with Crippen molar-refractivity contribution >= 4 is 30.2 Å². The number of rotatable bonds is 8. The zero-order valence-corrected chi connectivity index (χ0v) is 11.5. The van der Waals surface area contributed by atoms with E-state index in [0.717, 1.165) is 12.2 Å². The predicted molar refractivity (Wildman–Crippen MR) is 71.0 cm³/mol. The first-order valence-electron chi connectivity index (χ1n) is 6.38. The van der Waals surface area contributed by atoms with Crippen molar-refractivity contribution in [3.8, 4) is 0 Å². The summed E-state index contributed by atoms with van der Waals surface area (Å²) >= 11 is 1.78.